The molecule has 8 nitrogen and oxygen atoms in total. The number of hydrogen-bond acceptors (Lipinski definition) is 8. The highest BCUT2D eigenvalue weighted by Crippen LogP contribution is 2.11. The molecular weight excluding hydrogens is 605 g/mol. The molecule has 0 saturated heterocycles. The second-order valence-corrected chi connectivity index (χ2v) is 11.4. The molecule has 0 aromatic heterocycles. The molecule has 0 aliphatic heterocycles. The Morgan fingerprint density at radius 1 is 0.390 bits per heavy atom. The summed E-state index contributed by atoms with van der Waals surface area (Å²) in [5, 5.41) is 68.6. The van der Waals surface area contributed by atoms with E-state index in [-0.39, 0.29) is 20.2 Å². The molecule has 0 saturated carbocycles. The predicted molar refractivity (Wildman–Crippen MR) is 188 cm³/mol. The second-order valence-electron chi connectivity index (χ2n) is 9.54. The van der Waals surface area contributed by atoms with Gasteiger partial charge in [-0.05, 0) is 74.6 Å². The minimum absolute atomic E-state index is 0.151. The zero-order valence-electron chi connectivity index (χ0n) is 25.9. The highest BCUT2D eigenvalue weighted by molar-refractivity contribution is 7.80. The fraction of sp³-hybridized carbons (Fsp3) is 0.862. The van der Waals surface area contributed by atoms with E-state index in [0.29, 0.717) is 25.7 Å². The highest BCUT2D eigenvalue weighted by atomic mass is 32.1. The number of aliphatic hydroxyl groups excluding tert-OH is 8. The lowest BCUT2D eigenvalue weighted by atomic mass is 9.93. The molecule has 248 valence electrons. The van der Waals surface area contributed by atoms with E-state index >= 15 is 0 Å². The van der Waals surface area contributed by atoms with Crippen LogP contribution in [0.25, 0.3) is 0 Å². The second kappa shape index (κ2) is 41.5. The zero-order valence-corrected chi connectivity index (χ0v) is 29.1. The van der Waals surface area contributed by atoms with Gasteiger partial charge in [-0.1, -0.05) is 79.1 Å². The van der Waals surface area contributed by atoms with Gasteiger partial charge in [0.25, 0.3) is 0 Å². The highest BCUT2D eigenvalue weighted by Gasteiger charge is 2.26. The van der Waals surface area contributed by atoms with Gasteiger partial charge in [-0.15, -0.1) is 0 Å². The Morgan fingerprint density at radius 3 is 0.634 bits per heavy atom. The molecule has 8 N–H and O–H groups in total. The first-order valence-electron chi connectivity index (χ1n) is 14.6. The van der Waals surface area contributed by atoms with Crippen LogP contribution in [0.4, 0.5) is 0 Å². The van der Waals surface area contributed by atoms with Crippen molar-refractivity contribution in [1.29, 1.82) is 0 Å². The van der Waals surface area contributed by atoms with Gasteiger partial charge in [0.05, 0.1) is 31.8 Å². The number of rotatable bonds is 20. The Balaban J connectivity index is -0.000000132. The third-order valence-corrected chi connectivity index (χ3v) is 6.13. The van der Waals surface area contributed by atoms with Crippen LogP contribution in [0.2, 0.25) is 0 Å². The van der Waals surface area contributed by atoms with Crippen molar-refractivity contribution in [3.05, 3.63) is 0 Å². The van der Waals surface area contributed by atoms with E-state index in [1.54, 1.807) is 0 Å². The van der Waals surface area contributed by atoms with E-state index < -0.39 is 31.8 Å². The summed E-state index contributed by atoms with van der Waals surface area (Å²) in [6.45, 7) is 6.88. The Labute approximate surface area is 271 Å². The van der Waals surface area contributed by atoms with Crippen molar-refractivity contribution in [1.82, 2.24) is 0 Å². The zero-order chi connectivity index (χ0) is 33.0. The largest absolute Gasteiger partial charge is 0.502 e. The molecule has 0 aliphatic carbocycles. The lowest BCUT2D eigenvalue weighted by molar-refractivity contribution is -0.0328. The van der Waals surface area contributed by atoms with E-state index in [1.165, 1.54) is 51.4 Å². The maximum atomic E-state index is 8.51. The van der Waals surface area contributed by atoms with Crippen molar-refractivity contribution in [3.63, 3.8) is 0 Å². The molecule has 0 aromatic carbocycles. The van der Waals surface area contributed by atoms with Crippen LogP contribution in [-0.2, 0) is 0 Å². The average Bonchev–Trinajstić information content (AvgIpc) is 2.92. The van der Waals surface area contributed by atoms with Gasteiger partial charge in [-0.2, -0.15) is 0 Å². The maximum Gasteiger partial charge on any atom is 0.156 e. The Kier molecular flexibility index (Phi) is 50.7. The van der Waals surface area contributed by atoms with E-state index in [2.05, 4.69) is 76.6 Å². The first-order valence-corrected chi connectivity index (χ1v) is 16.3. The predicted octanol–water partition coefficient (Wildman–Crippen LogP) is 7.75. The molecule has 0 rings (SSSR count). The Hall–Kier alpha value is -0.600. The van der Waals surface area contributed by atoms with Crippen LogP contribution >= 0.6 is 48.9 Å². The molecular formula is C29H60O8S4. The summed E-state index contributed by atoms with van der Waals surface area (Å²) < 4.78 is 0. The molecule has 0 spiro atoms. The van der Waals surface area contributed by atoms with Crippen LogP contribution in [0.1, 0.15) is 130 Å². The first-order chi connectivity index (χ1) is 19.3. The standard InChI is InChI=1S/4C6H12OS.C5H12O4/c4*1-2-3-4-5-6(7)8;6-1-5(2-7,3-8)4-9/h4*2-5H2,1H3,(H,7,8);6-9H,1-4H2. The van der Waals surface area contributed by atoms with Crippen molar-refractivity contribution in [2.45, 2.75) is 130 Å². The first kappa shape index (κ1) is 50.0. The minimum atomic E-state index is -1.11. The van der Waals surface area contributed by atoms with Crippen LogP contribution in [-0.4, -0.2) is 87.5 Å². The van der Waals surface area contributed by atoms with Gasteiger partial charge < -0.3 is 40.9 Å². The van der Waals surface area contributed by atoms with Crippen LogP contribution in [0.3, 0.4) is 0 Å². The van der Waals surface area contributed by atoms with E-state index in [9.17, 15) is 0 Å². The molecule has 0 fully saturated rings. The molecule has 0 radical (unpaired) electrons. The third kappa shape index (κ3) is 55.9. The van der Waals surface area contributed by atoms with Crippen LogP contribution in [0.5, 0.6) is 0 Å². The summed E-state index contributed by atoms with van der Waals surface area (Å²) in [6, 6.07) is 0. The van der Waals surface area contributed by atoms with Gasteiger partial charge in [0.2, 0.25) is 0 Å². The Bertz CT molecular complexity index is 492. The summed E-state index contributed by atoms with van der Waals surface area (Å²) in [7, 11) is 0. The molecule has 0 bridgehead atoms. The minimum Gasteiger partial charge on any atom is -0.502 e. The SMILES string of the molecule is CCCCCC(O)=S.CCCCCC(O)=S.CCCCCC(O)=S.CCCCCC(O)=S.OCC(CO)(CO)CO. The molecule has 0 aliphatic rings. The summed E-state index contributed by atoms with van der Waals surface area (Å²) in [4.78, 5) is 0. The van der Waals surface area contributed by atoms with Crippen molar-refractivity contribution in [3.8, 4) is 0 Å². The number of aliphatic hydroxyl groups is 8. The van der Waals surface area contributed by atoms with Crippen LogP contribution in [0.15, 0.2) is 0 Å². The molecule has 12 heteroatoms. The van der Waals surface area contributed by atoms with Gasteiger partial charge in [0.1, 0.15) is 0 Å². The van der Waals surface area contributed by atoms with Gasteiger partial charge in [-0.25, -0.2) is 0 Å². The summed E-state index contributed by atoms with van der Waals surface area (Å²) in [5.74, 6) is 0. The number of thiocarbonyl (C=S) groups is 4. The fourth-order valence-electron chi connectivity index (χ4n) is 2.40. The lowest BCUT2D eigenvalue weighted by Crippen LogP contribution is -2.37. The monoisotopic (exact) mass is 664 g/mol. The quantitative estimate of drug-likeness (QED) is 0.0472. The maximum absolute atomic E-state index is 8.51. The molecule has 0 unspecified atom stereocenters. The smallest absolute Gasteiger partial charge is 0.156 e. The van der Waals surface area contributed by atoms with Crippen molar-refractivity contribution in [2.24, 2.45) is 5.41 Å². The summed E-state index contributed by atoms with van der Waals surface area (Å²) in [6.07, 6.45) is 16.3. The van der Waals surface area contributed by atoms with E-state index in [1.807, 2.05) is 0 Å². The molecule has 0 aromatic rings. The summed E-state index contributed by atoms with van der Waals surface area (Å²) in [5.41, 5.74) is -1.11. The summed E-state index contributed by atoms with van der Waals surface area (Å²) >= 11 is 17.9. The fourth-order valence-corrected chi connectivity index (χ4v) is 2.98. The Morgan fingerprint density at radius 2 is 0.561 bits per heavy atom. The van der Waals surface area contributed by atoms with Crippen molar-refractivity contribution in [2.75, 3.05) is 26.4 Å². The van der Waals surface area contributed by atoms with Crippen molar-refractivity contribution < 1.29 is 40.9 Å². The normalized spacial score (nSPS) is 9.76. The number of unbranched alkanes of at least 4 members (excludes halogenated alkanes) is 8. The molecule has 0 atom stereocenters. The van der Waals surface area contributed by atoms with E-state index in [0.717, 1.165) is 25.7 Å². The third-order valence-electron chi connectivity index (χ3n) is 5.32. The van der Waals surface area contributed by atoms with Gasteiger partial charge >= 0.3 is 0 Å². The molecule has 0 amide bonds. The number of hydrogen-bond donors (Lipinski definition) is 8. The van der Waals surface area contributed by atoms with Crippen molar-refractivity contribution >= 4 is 69.1 Å². The van der Waals surface area contributed by atoms with Crippen LogP contribution < -0.4 is 0 Å². The van der Waals surface area contributed by atoms with Crippen LogP contribution in [0, 0.1) is 5.41 Å². The average molecular weight is 665 g/mol. The molecule has 0 heterocycles. The lowest BCUT2D eigenvalue weighted by Gasteiger charge is -2.23. The van der Waals surface area contributed by atoms with Gasteiger partial charge in [0, 0.05) is 25.7 Å². The van der Waals surface area contributed by atoms with Gasteiger partial charge in [0.15, 0.2) is 20.2 Å². The van der Waals surface area contributed by atoms with Gasteiger partial charge in [-0.3, -0.25) is 0 Å². The molecule has 41 heavy (non-hydrogen) atoms. The topological polar surface area (TPSA) is 162 Å². The van der Waals surface area contributed by atoms with E-state index in [4.69, 9.17) is 40.9 Å².